The topological polar surface area (TPSA) is 85.5 Å². The van der Waals surface area contributed by atoms with Crippen LogP contribution in [0.15, 0.2) is 4.42 Å². The number of sulfonamides is 1. The van der Waals surface area contributed by atoms with Crippen LogP contribution < -0.4 is 0 Å². The zero-order valence-corrected chi connectivity index (χ0v) is 12.8. The van der Waals surface area contributed by atoms with Gasteiger partial charge in [0.25, 0.3) is 0 Å². The highest BCUT2D eigenvalue weighted by Gasteiger charge is 2.50. The monoisotopic (exact) mass is 313 g/mol. The molecule has 0 N–H and O–H groups in total. The molecular weight excluding hydrogens is 294 g/mol. The summed E-state index contributed by atoms with van der Waals surface area (Å²) >= 11 is 0. The highest BCUT2D eigenvalue weighted by atomic mass is 32.2. The maximum Gasteiger partial charge on any atom is 0.245 e. The zero-order chi connectivity index (χ0) is 14.6. The minimum absolute atomic E-state index is 0.0177. The molecule has 7 nitrogen and oxygen atoms in total. The highest BCUT2D eigenvalue weighted by molar-refractivity contribution is 7.90. The SMILES string of the molecule is Cc1nnc([C@@H]2CC[C@@H]3[C@@H](CCN3S(=O)(=O)C3CC3)O2)o1. The van der Waals surface area contributed by atoms with E-state index in [-0.39, 0.29) is 23.5 Å². The third kappa shape index (κ3) is 2.29. The van der Waals surface area contributed by atoms with Gasteiger partial charge >= 0.3 is 0 Å². The van der Waals surface area contributed by atoms with Gasteiger partial charge in [-0.15, -0.1) is 10.2 Å². The summed E-state index contributed by atoms with van der Waals surface area (Å²) in [5.41, 5.74) is 0. The van der Waals surface area contributed by atoms with Crippen LogP contribution in [0.1, 0.15) is 50.0 Å². The highest BCUT2D eigenvalue weighted by Crippen LogP contribution is 2.41. The van der Waals surface area contributed by atoms with Gasteiger partial charge in [-0.1, -0.05) is 0 Å². The molecule has 0 bridgehead atoms. The second kappa shape index (κ2) is 4.76. The first-order chi connectivity index (χ1) is 10.1. The molecule has 3 aliphatic rings. The predicted molar refractivity (Wildman–Crippen MR) is 72.9 cm³/mol. The van der Waals surface area contributed by atoms with Gasteiger partial charge in [0.15, 0.2) is 0 Å². The van der Waals surface area contributed by atoms with Crippen molar-refractivity contribution in [2.24, 2.45) is 0 Å². The Labute approximate surface area is 123 Å². The number of hydrogen-bond donors (Lipinski definition) is 0. The van der Waals surface area contributed by atoms with Crippen molar-refractivity contribution >= 4 is 10.0 Å². The lowest BCUT2D eigenvalue weighted by Gasteiger charge is -2.34. The Morgan fingerprint density at radius 3 is 2.62 bits per heavy atom. The number of aromatic nitrogens is 2. The minimum Gasteiger partial charge on any atom is -0.423 e. The summed E-state index contributed by atoms with van der Waals surface area (Å²) in [5, 5.41) is 7.70. The van der Waals surface area contributed by atoms with E-state index in [2.05, 4.69) is 10.2 Å². The van der Waals surface area contributed by atoms with E-state index in [0.29, 0.717) is 18.3 Å². The number of fused-ring (bicyclic) bond motifs is 1. The Kier molecular flexibility index (Phi) is 3.09. The van der Waals surface area contributed by atoms with Crippen molar-refractivity contribution in [1.82, 2.24) is 14.5 Å². The Morgan fingerprint density at radius 1 is 1.14 bits per heavy atom. The Morgan fingerprint density at radius 2 is 1.95 bits per heavy atom. The Bertz CT molecular complexity index is 640. The molecule has 116 valence electrons. The van der Waals surface area contributed by atoms with Crippen molar-refractivity contribution in [2.45, 2.75) is 62.5 Å². The lowest BCUT2D eigenvalue weighted by atomic mass is 10.00. The van der Waals surface area contributed by atoms with Gasteiger partial charge in [-0.25, -0.2) is 8.42 Å². The lowest BCUT2D eigenvalue weighted by molar-refractivity contribution is -0.0738. The quantitative estimate of drug-likeness (QED) is 0.832. The Balaban J connectivity index is 1.49. The van der Waals surface area contributed by atoms with Gasteiger partial charge in [0.2, 0.25) is 21.8 Å². The molecule has 0 aromatic carbocycles. The van der Waals surface area contributed by atoms with E-state index in [9.17, 15) is 8.42 Å². The molecule has 0 radical (unpaired) electrons. The van der Waals surface area contributed by atoms with Gasteiger partial charge < -0.3 is 9.15 Å². The number of aryl methyl sites for hydroxylation is 1. The summed E-state index contributed by atoms with van der Waals surface area (Å²) in [6, 6.07) is -0.0177. The van der Waals surface area contributed by atoms with Crippen molar-refractivity contribution < 1.29 is 17.6 Å². The van der Waals surface area contributed by atoms with Crippen LogP contribution >= 0.6 is 0 Å². The fraction of sp³-hybridized carbons (Fsp3) is 0.846. The fourth-order valence-corrected chi connectivity index (χ4v) is 5.48. The molecule has 1 aliphatic carbocycles. The molecule has 4 rings (SSSR count). The second-order valence-electron chi connectivity index (χ2n) is 6.11. The third-order valence-electron chi connectivity index (χ3n) is 4.59. The maximum atomic E-state index is 12.4. The van der Waals surface area contributed by atoms with E-state index in [0.717, 1.165) is 32.1 Å². The molecule has 2 saturated heterocycles. The molecule has 1 aromatic rings. The molecule has 3 heterocycles. The number of rotatable bonds is 3. The van der Waals surface area contributed by atoms with Crippen LogP contribution in [-0.4, -0.2) is 46.9 Å². The van der Waals surface area contributed by atoms with E-state index in [1.807, 2.05) is 0 Å². The molecule has 3 atom stereocenters. The molecule has 3 fully saturated rings. The van der Waals surface area contributed by atoms with Gasteiger partial charge in [-0.3, -0.25) is 0 Å². The largest absolute Gasteiger partial charge is 0.423 e. The first kappa shape index (κ1) is 13.7. The van der Waals surface area contributed by atoms with Crippen molar-refractivity contribution in [3.8, 4) is 0 Å². The van der Waals surface area contributed by atoms with Crippen LogP contribution in [0.4, 0.5) is 0 Å². The first-order valence-electron chi connectivity index (χ1n) is 7.52. The predicted octanol–water partition coefficient (Wildman–Crippen LogP) is 1.16. The van der Waals surface area contributed by atoms with Gasteiger partial charge in [-0.2, -0.15) is 4.31 Å². The molecule has 0 spiro atoms. The van der Waals surface area contributed by atoms with Gasteiger partial charge in [0.1, 0.15) is 6.10 Å². The summed E-state index contributed by atoms with van der Waals surface area (Å²) in [5.74, 6) is 1.04. The van der Waals surface area contributed by atoms with Crippen molar-refractivity contribution in [2.75, 3.05) is 6.54 Å². The average molecular weight is 313 g/mol. The van der Waals surface area contributed by atoms with Crippen molar-refractivity contribution in [3.63, 3.8) is 0 Å². The normalized spacial score (nSPS) is 34.0. The second-order valence-corrected chi connectivity index (χ2v) is 8.28. The fourth-order valence-electron chi connectivity index (χ4n) is 3.38. The van der Waals surface area contributed by atoms with E-state index in [1.165, 1.54) is 0 Å². The van der Waals surface area contributed by atoms with Crippen LogP contribution in [0.25, 0.3) is 0 Å². The summed E-state index contributed by atoms with van der Waals surface area (Å²) in [4.78, 5) is 0. The molecule has 1 aromatic heterocycles. The maximum absolute atomic E-state index is 12.4. The molecule has 2 aliphatic heterocycles. The van der Waals surface area contributed by atoms with E-state index < -0.39 is 10.0 Å². The van der Waals surface area contributed by atoms with Gasteiger partial charge in [0, 0.05) is 13.5 Å². The summed E-state index contributed by atoms with van der Waals surface area (Å²) in [6.45, 7) is 2.32. The number of ether oxygens (including phenoxy) is 1. The van der Waals surface area contributed by atoms with Crippen molar-refractivity contribution in [3.05, 3.63) is 11.8 Å². The van der Waals surface area contributed by atoms with Gasteiger partial charge in [-0.05, 0) is 32.1 Å². The number of nitrogens with zero attached hydrogens (tertiary/aromatic N) is 3. The standard InChI is InChI=1S/C13H19N3O4S/c1-8-14-15-13(19-8)12-5-4-10-11(20-12)6-7-16(10)21(17,18)9-2-3-9/h9-12H,2-7H2,1H3/t10-,11-,12+/m1/s1. The van der Waals surface area contributed by atoms with E-state index >= 15 is 0 Å². The summed E-state index contributed by atoms with van der Waals surface area (Å²) in [7, 11) is -3.11. The zero-order valence-electron chi connectivity index (χ0n) is 11.9. The lowest BCUT2D eigenvalue weighted by Crippen LogP contribution is -2.44. The van der Waals surface area contributed by atoms with E-state index in [4.69, 9.17) is 9.15 Å². The van der Waals surface area contributed by atoms with Crippen LogP contribution in [-0.2, 0) is 14.8 Å². The molecule has 0 amide bonds. The third-order valence-corrected chi connectivity index (χ3v) is 7.01. The smallest absolute Gasteiger partial charge is 0.245 e. The first-order valence-corrected chi connectivity index (χ1v) is 9.02. The molecule has 8 heteroatoms. The van der Waals surface area contributed by atoms with E-state index in [1.54, 1.807) is 11.2 Å². The van der Waals surface area contributed by atoms with Crippen LogP contribution in [0.2, 0.25) is 0 Å². The van der Waals surface area contributed by atoms with Crippen LogP contribution in [0, 0.1) is 6.92 Å². The summed E-state index contributed by atoms with van der Waals surface area (Å²) < 4.78 is 38.0. The van der Waals surface area contributed by atoms with Crippen LogP contribution in [0.3, 0.4) is 0 Å². The minimum atomic E-state index is -3.11. The van der Waals surface area contributed by atoms with Crippen LogP contribution in [0.5, 0.6) is 0 Å². The number of hydrogen-bond acceptors (Lipinski definition) is 6. The molecule has 0 unspecified atom stereocenters. The molecule has 21 heavy (non-hydrogen) atoms. The van der Waals surface area contributed by atoms with Crippen molar-refractivity contribution in [1.29, 1.82) is 0 Å². The molecular formula is C13H19N3O4S. The average Bonchev–Trinajstić information content (AvgIpc) is 3.10. The summed E-state index contributed by atoms with van der Waals surface area (Å²) in [6.07, 6.45) is 3.63. The molecule has 1 saturated carbocycles. The van der Waals surface area contributed by atoms with Gasteiger partial charge in [0.05, 0.1) is 17.4 Å². The Hall–Kier alpha value is -0.990.